The molecule has 0 unspecified atom stereocenters. The Hall–Kier alpha value is -3.21. The number of aryl methyl sites for hydroxylation is 1. The molecule has 5 rings (SSSR count). The molecule has 3 aromatic rings. The highest BCUT2D eigenvalue weighted by Gasteiger charge is 2.22. The van der Waals surface area contributed by atoms with E-state index in [1.807, 2.05) is 30.3 Å². The lowest BCUT2D eigenvalue weighted by molar-refractivity contribution is 0.0696. The van der Waals surface area contributed by atoms with Gasteiger partial charge in [0.25, 0.3) is 0 Å². The molecule has 37 heavy (non-hydrogen) atoms. The third kappa shape index (κ3) is 5.87. The normalized spacial score (nSPS) is 17.2. The fraction of sp³-hybridized carbons (Fsp3) is 0.281. The lowest BCUT2D eigenvalue weighted by atomic mass is 9.87. The number of carboxylic acids is 1. The molecule has 3 aromatic carbocycles. The quantitative estimate of drug-likeness (QED) is 0.349. The summed E-state index contributed by atoms with van der Waals surface area (Å²) in [6, 6.07) is 22.1. The van der Waals surface area contributed by atoms with Gasteiger partial charge in [-0.25, -0.2) is 4.79 Å². The van der Waals surface area contributed by atoms with Crippen LogP contribution in [0.5, 0.6) is 0 Å². The van der Waals surface area contributed by atoms with Crippen LogP contribution in [-0.2, 0) is 6.42 Å². The van der Waals surface area contributed by atoms with E-state index in [1.54, 1.807) is 6.07 Å². The Morgan fingerprint density at radius 2 is 1.84 bits per heavy atom. The van der Waals surface area contributed by atoms with Gasteiger partial charge in [-0.05, 0) is 95.3 Å². The third-order valence-electron chi connectivity index (χ3n) is 7.32. The van der Waals surface area contributed by atoms with Gasteiger partial charge in [-0.2, -0.15) is 0 Å². The first-order valence-electron chi connectivity index (χ1n) is 13.0. The molecule has 1 fully saturated rings. The Morgan fingerprint density at radius 3 is 2.59 bits per heavy atom. The van der Waals surface area contributed by atoms with Crippen molar-refractivity contribution in [1.29, 1.82) is 0 Å². The highest BCUT2D eigenvalue weighted by molar-refractivity contribution is 6.30. The van der Waals surface area contributed by atoms with Gasteiger partial charge >= 0.3 is 5.97 Å². The summed E-state index contributed by atoms with van der Waals surface area (Å²) in [6.07, 6.45) is 6.52. The van der Waals surface area contributed by atoms with Crippen LogP contribution in [0.1, 0.15) is 63.9 Å². The van der Waals surface area contributed by atoms with Crippen LogP contribution in [0.2, 0.25) is 5.02 Å². The summed E-state index contributed by atoms with van der Waals surface area (Å²) in [5, 5.41) is 10.3. The van der Waals surface area contributed by atoms with Crippen LogP contribution in [-0.4, -0.2) is 42.3 Å². The molecule has 0 aromatic heterocycles. The zero-order valence-corrected chi connectivity index (χ0v) is 21.6. The van der Waals surface area contributed by atoms with Gasteiger partial charge in [0.05, 0.1) is 12.2 Å². The van der Waals surface area contributed by atoms with Gasteiger partial charge in [-0.15, -0.1) is 0 Å². The van der Waals surface area contributed by atoms with E-state index in [0.29, 0.717) is 17.0 Å². The third-order valence-corrected chi connectivity index (χ3v) is 7.56. The Kier molecular flexibility index (Phi) is 7.87. The van der Waals surface area contributed by atoms with Crippen molar-refractivity contribution in [3.8, 4) is 0 Å². The van der Waals surface area contributed by atoms with E-state index in [0.717, 1.165) is 78.7 Å². The molecule has 0 radical (unpaired) electrons. The molecule has 0 spiro atoms. The number of likely N-dealkylation sites (tertiary alicyclic amines) is 1. The average Bonchev–Trinajstić information content (AvgIpc) is 3.25. The molecule has 0 bridgehead atoms. The minimum absolute atomic E-state index is 0.259. The lowest BCUT2D eigenvalue weighted by Crippen LogP contribution is -2.20. The van der Waals surface area contributed by atoms with Crippen LogP contribution < -0.4 is 0 Å². The van der Waals surface area contributed by atoms with Gasteiger partial charge in [0.1, 0.15) is 0 Å². The maximum absolute atomic E-state index is 12.5. The Balaban J connectivity index is 1.54. The van der Waals surface area contributed by atoms with E-state index < -0.39 is 5.97 Å². The number of carbonyl (C=O) groups is 1. The Morgan fingerprint density at radius 1 is 1.00 bits per heavy atom. The Bertz CT molecular complexity index is 1360. The predicted octanol–water partition coefficient (Wildman–Crippen LogP) is 7.78. The number of nitrogens with zero attached hydrogens (tertiary/aromatic N) is 1. The van der Waals surface area contributed by atoms with Crippen LogP contribution in [0, 0.1) is 0 Å². The topological polar surface area (TPSA) is 40.5 Å². The van der Waals surface area contributed by atoms with Crippen LogP contribution in [0.15, 0.2) is 72.3 Å². The van der Waals surface area contributed by atoms with E-state index in [2.05, 4.69) is 41.3 Å². The molecular weight excluding hydrogens is 485 g/mol. The maximum atomic E-state index is 12.5. The van der Waals surface area contributed by atoms with E-state index in [4.69, 9.17) is 11.6 Å². The number of hydrogen-bond donors (Lipinski definition) is 1. The number of fused-ring (bicyclic) bond motifs is 1. The zero-order chi connectivity index (χ0) is 25.8. The molecule has 3 nitrogen and oxygen atoms in total. The SMILES string of the molecule is O=C(O)c1ccc2c(c1)CCCC(c1cccc(Cl)c1)=C2c1ccc(C=C2CCN(CCCF)C2)cc1. The summed E-state index contributed by atoms with van der Waals surface area (Å²) in [4.78, 5) is 14.0. The highest BCUT2D eigenvalue weighted by Crippen LogP contribution is 2.40. The van der Waals surface area contributed by atoms with E-state index >= 15 is 0 Å². The minimum atomic E-state index is -0.903. The van der Waals surface area contributed by atoms with Gasteiger partial charge in [0.2, 0.25) is 0 Å². The first-order valence-corrected chi connectivity index (χ1v) is 13.3. The molecule has 1 heterocycles. The smallest absolute Gasteiger partial charge is 0.335 e. The highest BCUT2D eigenvalue weighted by atomic mass is 35.5. The van der Waals surface area contributed by atoms with Crippen molar-refractivity contribution in [3.63, 3.8) is 0 Å². The number of halogens is 2. The van der Waals surface area contributed by atoms with Crippen molar-refractivity contribution in [2.24, 2.45) is 0 Å². The molecule has 0 amide bonds. The number of hydrogen-bond acceptors (Lipinski definition) is 2. The number of carboxylic acid groups (broad SMARTS) is 1. The summed E-state index contributed by atoms with van der Waals surface area (Å²) in [5.41, 5.74) is 9.60. The first-order chi connectivity index (χ1) is 18.0. The molecule has 1 aliphatic carbocycles. The summed E-state index contributed by atoms with van der Waals surface area (Å²) in [7, 11) is 0. The minimum Gasteiger partial charge on any atom is -0.478 e. The second-order valence-corrected chi connectivity index (χ2v) is 10.3. The largest absolute Gasteiger partial charge is 0.478 e. The predicted molar refractivity (Wildman–Crippen MR) is 150 cm³/mol. The van der Waals surface area contributed by atoms with Crippen molar-refractivity contribution in [2.75, 3.05) is 26.3 Å². The number of allylic oxidation sites excluding steroid dienone is 1. The lowest BCUT2D eigenvalue weighted by Gasteiger charge is -2.17. The second-order valence-electron chi connectivity index (χ2n) is 9.89. The van der Waals surface area contributed by atoms with Gasteiger partial charge in [0.15, 0.2) is 0 Å². The Labute approximate surface area is 222 Å². The molecule has 1 aliphatic heterocycles. The van der Waals surface area contributed by atoms with Gasteiger partial charge in [0, 0.05) is 24.7 Å². The van der Waals surface area contributed by atoms with Crippen LogP contribution >= 0.6 is 11.6 Å². The molecule has 0 atom stereocenters. The zero-order valence-electron chi connectivity index (χ0n) is 20.9. The van der Waals surface area contributed by atoms with Crippen molar-refractivity contribution in [2.45, 2.75) is 32.1 Å². The standard InChI is InChI=1S/C32H31ClFNO2/c33-28-6-1-4-26(20-28)29-7-2-5-25-19-27(32(36)37)12-13-30(25)31(29)24-10-8-22(9-11-24)18-23-14-17-35(21-23)16-3-15-34/h1,4,6,8-13,18-20H,2-3,5,7,14-17,21H2,(H,36,37). The van der Waals surface area contributed by atoms with Crippen molar-refractivity contribution in [1.82, 2.24) is 4.90 Å². The first kappa shape index (κ1) is 25.4. The molecular formula is C32H31ClFNO2. The molecule has 190 valence electrons. The summed E-state index contributed by atoms with van der Waals surface area (Å²) < 4.78 is 12.5. The molecule has 0 saturated carbocycles. The summed E-state index contributed by atoms with van der Waals surface area (Å²) in [5.74, 6) is -0.903. The van der Waals surface area contributed by atoms with Crippen molar-refractivity contribution < 1.29 is 14.3 Å². The average molecular weight is 516 g/mol. The van der Waals surface area contributed by atoms with Crippen LogP contribution in [0.25, 0.3) is 17.2 Å². The van der Waals surface area contributed by atoms with Crippen LogP contribution in [0.4, 0.5) is 4.39 Å². The van der Waals surface area contributed by atoms with Crippen molar-refractivity contribution >= 4 is 34.8 Å². The monoisotopic (exact) mass is 515 g/mol. The van der Waals surface area contributed by atoms with E-state index in [1.165, 1.54) is 11.1 Å². The maximum Gasteiger partial charge on any atom is 0.335 e. The van der Waals surface area contributed by atoms with Crippen molar-refractivity contribution in [3.05, 3.63) is 111 Å². The summed E-state index contributed by atoms with van der Waals surface area (Å²) in [6.45, 7) is 2.46. The van der Waals surface area contributed by atoms with E-state index in [-0.39, 0.29) is 6.67 Å². The van der Waals surface area contributed by atoms with Crippen LogP contribution in [0.3, 0.4) is 0 Å². The molecule has 5 heteroatoms. The molecule has 1 N–H and O–H groups in total. The number of benzene rings is 3. The van der Waals surface area contributed by atoms with Gasteiger partial charge in [-0.1, -0.05) is 65.7 Å². The second kappa shape index (κ2) is 11.5. The fourth-order valence-corrected chi connectivity index (χ4v) is 5.73. The number of aromatic carboxylic acids is 1. The van der Waals surface area contributed by atoms with Gasteiger partial charge < -0.3 is 5.11 Å². The molecule has 1 saturated heterocycles. The molecule has 2 aliphatic rings. The fourth-order valence-electron chi connectivity index (χ4n) is 5.54. The summed E-state index contributed by atoms with van der Waals surface area (Å²) >= 11 is 6.38. The number of alkyl halides is 1. The van der Waals surface area contributed by atoms with E-state index in [9.17, 15) is 14.3 Å². The van der Waals surface area contributed by atoms with Gasteiger partial charge in [-0.3, -0.25) is 9.29 Å². The number of rotatable bonds is 7.